The first-order valence-electron chi connectivity index (χ1n) is 16.2. The highest BCUT2D eigenvalue weighted by Gasteiger charge is 2.45. The number of rotatable bonds is 7. The molecule has 2 aromatic rings. The lowest BCUT2D eigenvalue weighted by molar-refractivity contribution is 0.181. The Morgan fingerprint density at radius 3 is 1.92 bits per heavy atom. The Hall–Kier alpha value is -2.44. The van der Waals surface area contributed by atoms with Gasteiger partial charge < -0.3 is 22.0 Å². The molecule has 0 aromatic carbocycles. The molecule has 0 saturated heterocycles. The molecular formula is C37H69ClN8OS2. The van der Waals surface area contributed by atoms with Gasteiger partial charge in [0.1, 0.15) is 0 Å². The monoisotopic (exact) mass is 740 g/mol. The van der Waals surface area contributed by atoms with Crippen LogP contribution in [0.25, 0.3) is 6.08 Å². The summed E-state index contributed by atoms with van der Waals surface area (Å²) in [5.41, 5.74) is 15.9. The van der Waals surface area contributed by atoms with E-state index in [0.717, 1.165) is 29.5 Å². The minimum Gasteiger partial charge on any atom is -0.402 e. The summed E-state index contributed by atoms with van der Waals surface area (Å²) in [5.74, 6) is 0.916. The molecule has 282 valence electrons. The van der Waals surface area contributed by atoms with E-state index in [0.29, 0.717) is 38.3 Å². The van der Waals surface area contributed by atoms with E-state index in [-0.39, 0.29) is 32.6 Å². The molecule has 1 aliphatic carbocycles. The van der Waals surface area contributed by atoms with Crippen LogP contribution in [0.15, 0.2) is 42.4 Å². The van der Waals surface area contributed by atoms with E-state index >= 15 is 0 Å². The number of aromatic nitrogens is 3. The second kappa shape index (κ2) is 21.0. The zero-order valence-electron chi connectivity index (χ0n) is 33.2. The number of nitrogens with one attached hydrogen (secondary N) is 2. The quantitative estimate of drug-likeness (QED) is 0.108. The summed E-state index contributed by atoms with van der Waals surface area (Å²) in [7, 11) is 0.819. The van der Waals surface area contributed by atoms with E-state index in [1.54, 1.807) is 19.2 Å². The van der Waals surface area contributed by atoms with E-state index in [2.05, 4.69) is 118 Å². The number of anilines is 1. The first kappa shape index (κ1) is 48.7. The van der Waals surface area contributed by atoms with Crippen LogP contribution in [0.2, 0.25) is 5.02 Å². The van der Waals surface area contributed by atoms with Gasteiger partial charge in [-0.2, -0.15) is 5.10 Å². The third kappa shape index (κ3) is 15.1. The molecule has 7 N–H and O–H groups in total. The van der Waals surface area contributed by atoms with Crippen LogP contribution in [0.3, 0.4) is 0 Å². The van der Waals surface area contributed by atoms with E-state index < -0.39 is 5.41 Å². The number of aliphatic hydroxyl groups is 1. The summed E-state index contributed by atoms with van der Waals surface area (Å²) >= 11 is 6.38. The molecule has 1 aliphatic rings. The van der Waals surface area contributed by atoms with Crippen LogP contribution in [0.4, 0.5) is 5.82 Å². The Labute approximate surface area is 307 Å². The molecule has 0 aliphatic heterocycles. The molecule has 2 unspecified atom stereocenters. The average molecular weight is 742 g/mol. The van der Waals surface area contributed by atoms with Crippen LogP contribution < -0.4 is 16.9 Å². The predicted octanol–water partition coefficient (Wildman–Crippen LogP) is 8.40. The zero-order valence-corrected chi connectivity index (χ0v) is 35.6. The van der Waals surface area contributed by atoms with Gasteiger partial charge in [-0.3, -0.25) is 5.43 Å². The largest absolute Gasteiger partial charge is 0.402 e. The summed E-state index contributed by atoms with van der Waals surface area (Å²) in [6.07, 6.45) is 23.2. The fourth-order valence-electron chi connectivity index (χ4n) is 3.68. The zero-order chi connectivity index (χ0) is 39.0. The summed E-state index contributed by atoms with van der Waals surface area (Å²) in [6.45, 7) is 23.7. The van der Waals surface area contributed by atoms with Gasteiger partial charge in [0.15, 0.2) is 11.6 Å². The molecule has 49 heavy (non-hydrogen) atoms. The first-order valence-corrected chi connectivity index (χ1v) is 22.3. The van der Waals surface area contributed by atoms with Crippen LogP contribution in [-0.2, 0) is 5.41 Å². The number of hydrazone groups is 1. The van der Waals surface area contributed by atoms with E-state index in [1.807, 2.05) is 19.2 Å². The highest BCUT2D eigenvalue weighted by molar-refractivity contribution is 8.33. The molecule has 0 spiro atoms. The molecule has 0 radical (unpaired) electrons. The molecule has 12 heteroatoms. The lowest BCUT2D eigenvalue weighted by Gasteiger charge is -2.40. The summed E-state index contributed by atoms with van der Waals surface area (Å²) in [4.78, 5) is 13.5. The molecule has 0 amide bonds. The minimum absolute atomic E-state index is 0.00604. The number of halogens is 1. The summed E-state index contributed by atoms with van der Waals surface area (Å²) < 4.78 is 1.04. The fourth-order valence-corrected chi connectivity index (χ4v) is 3.89. The van der Waals surface area contributed by atoms with Crippen LogP contribution in [0.1, 0.15) is 96.8 Å². The van der Waals surface area contributed by atoms with E-state index in [4.69, 9.17) is 27.7 Å². The normalized spacial score (nSPS) is 18.2. The minimum atomic E-state index is -0.453. The van der Waals surface area contributed by atoms with Crippen LogP contribution in [0, 0.1) is 5.41 Å². The lowest BCUT2D eigenvalue weighted by Crippen LogP contribution is -2.28. The topological polar surface area (TPSA) is 159 Å². The molecule has 3 rings (SSSR count). The number of nitrogens with zero attached hydrogens (tertiary/aromatic N) is 4. The average Bonchev–Trinajstić information content (AvgIpc) is 3.32. The Kier molecular flexibility index (Phi) is 20.9. The van der Waals surface area contributed by atoms with Crippen molar-refractivity contribution in [2.45, 2.75) is 89.1 Å². The van der Waals surface area contributed by atoms with Gasteiger partial charge in [-0.25, -0.2) is 35.0 Å². The molecule has 2 atom stereocenters. The van der Waals surface area contributed by atoms with Crippen molar-refractivity contribution in [3.63, 3.8) is 0 Å². The maximum absolute atomic E-state index is 10.2. The number of fused-ring (bicyclic) bond motifs is 1. The summed E-state index contributed by atoms with van der Waals surface area (Å²) in [6, 6.07) is 1.84. The fraction of sp³-hybridized carbons (Fsp3) is 0.595. The smallest absolute Gasteiger partial charge is 0.165 e. The number of allylic oxidation sites excluding steroid dienone is 1. The summed E-state index contributed by atoms with van der Waals surface area (Å²) in [5, 5.41) is 21.4. The van der Waals surface area contributed by atoms with Crippen molar-refractivity contribution in [1.29, 1.82) is 5.41 Å². The third-order valence-corrected chi connectivity index (χ3v) is 16.5. The van der Waals surface area contributed by atoms with Crippen molar-refractivity contribution >= 4 is 56.0 Å². The lowest BCUT2D eigenvalue weighted by atomic mass is 9.81. The van der Waals surface area contributed by atoms with Crippen molar-refractivity contribution in [2.75, 3.05) is 56.6 Å². The maximum atomic E-state index is 10.2. The number of aliphatic hydroxyl groups excluding tert-OH is 1. The van der Waals surface area contributed by atoms with Crippen LogP contribution >= 0.6 is 31.7 Å². The van der Waals surface area contributed by atoms with Gasteiger partial charge >= 0.3 is 0 Å². The molecular weight excluding hydrogens is 672 g/mol. The first-order chi connectivity index (χ1) is 22.4. The molecule has 0 fully saturated rings. The van der Waals surface area contributed by atoms with Crippen LogP contribution in [0.5, 0.6) is 0 Å². The van der Waals surface area contributed by atoms with E-state index in [1.165, 1.54) is 13.3 Å². The maximum Gasteiger partial charge on any atom is 0.165 e. The third-order valence-electron chi connectivity index (χ3n) is 8.90. The molecule has 0 bridgehead atoms. The highest BCUT2D eigenvalue weighted by Crippen LogP contribution is 2.51. The Balaban J connectivity index is 0. The van der Waals surface area contributed by atoms with Crippen molar-refractivity contribution in [3.8, 4) is 0 Å². The van der Waals surface area contributed by atoms with Gasteiger partial charge in [0.2, 0.25) is 0 Å². The van der Waals surface area contributed by atoms with Gasteiger partial charge in [-0.05, 0) is 85.5 Å². The molecule has 0 saturated carbocycles. The SMILES string of the molecule is C=C.CC(C)(C)S(C)(C)C.CC(C)(C)S(C)(C)C.CCC1(CO)CC(c2cnc(N/N=C\C=N)c(Cl)c2)c2cnc(/C=C(/C)N)nc21.CN. The molecule has 9 nitrogen and oxygen atoms in total. The Morgan fingerprint density at radius 2 is 1.55 bits per heavy atom. The van der Waals surface area contributed by atoms with E-state index in [9.17, 15) is 5.11 Å². The van der Waals surface area contributed by atoms with Gasteiger partial charge in [-0.15, -0.1) is 13.2 Å². The number of hydrogen-bond donors (Lipinski definition) is 5. The van der Waals surface area contributed by atoms with Gasteiger partial charge in [0, 0.05) is 47.3 Å². The van der Waals surface area contributed by atoms with Crippen LogP contribution in [-0.4, -0.2) is 93.2 Å². The predicted molar refractivity (Wildman–Crippen MR) is 227 cm³/mol. The number of nitrogens with two attached hydrogens (primary N) is 2. The van der Waals surface area contributed by atoms with Gasteiger partial charge in [-0.1, -0.05) is 60.1 Å². The van der Waals surface area contributed by atoms with Gasteiger partial charge in [0.05, 0.1) is 23.5 Å². The van der Waals surface area contributed by atoms with Crippen molar-refractivity contribution < 1.29 is 5.11 Å². The van der Waals surface area contributed by atoms with Crippen molar-refractivity contribution in [1.82, 2.24) is 15.0 Å². The standard InChI is InChI=1S/C20H24ClN7O.2C7H18S.C2H4.CH5N/c1-3-20(11-29)8-14(15-10-24-17(6-12(2)23)27-18(15)20)13-7-16(21)19(25-9-13)28-26-5-4-22;2*1-7(2,3)8(4,5)6;2*1-2/h4-7,9-10,14,22,29H,3,8,11,23H2,1-2H3,(H,25,28);2*1-6H3;1-2H2;2H2,1H3/b12-6-,22-4?,26-5-;;;;. The number of pyridine rings is 1. The van der Waals surface area contributed by atoms with Crippen molar-refractivity contribution in [3.05, 3.63) is 65.0 Å². The molecule has 2 aromatic heterocycles. The van der Waals surface area contributed by atoms with Gasteiger partial charge in [0.25, 0.3) is 0 Å². The highest BCUT2D eigenvalue weighted by atomic mass is 35.5. The second-order valence-corrected chi connectivity index (χ2v) is 25.2. The number of hydrogen-bond acceptors (Lipinski definition) is 9. The Bertz CT molecular complexity index is 1300. The Morgan fingerprint density at radius 1 is 1.06 bits per heavy atom. The van der Waals surface area contributed by atoms with Crippen molar-refractivity contribution in [2.24, 2.45) is 16.6 Å². The second-order valence-electron chi connectivity index (χ2n) is 15.0. The molecule has 2 heterocycles.